The van der Waals surface area contributed by atoms with Gasteiger partial charge in [-0.1, -0.05) is 29.1 Å². The minimum Gasteiger partial charge on any atom is -0.485 e. The van der Waals surface area contributed by atoms with Crippen LogP contribution in [0.15, 0.2) is 58.2 Å². The number of thioether (sulfide) groups is 1. The lowest BCUT2D eigenvalue weighted by Gasteiger charge is -2.37. The van der Waals surface area contributed by atoms with Crippen LogP contribution in [0.2, 0.25) is 0 Å². The van der Waals surface area contributed by atoms with Gasteiger partial charge in [-0.05, 0) is 38.1 Å². The van der Waals surface area contributed by atoms with Gasteiger partial charge in [-0.25, -0.2) is 4.98 Å². The van der Waals surface area contributed by atoms with Crippen LogP contribution in [0.1, 0.15) is 28.7 Å². The molecule has 1 aliphatic heterocycles. The van der Waals surface area contributed by atoms with Crippen molar-refractivity contribution in [2.75, 3.05) is 31.6 Å². The molecule has 0 fully saturated rings. The summed E-state index contributed by atoms with van der Waals surface area (Å²) in [5.74, 6) is 2.15. The second-order valence-electron chi connectivity index (χ2n) is 7.51. The van der Waals surface area contributed by atoms with Gasteiger partial charge in [-0.3, -0.25) is 4.79 Å². The van der Waals surface area contributed by atoms with Crippen LogP contribution in [0, 0.1) is 6.92 Å². The number of aryl methyl sites for hydroxylation is 1. The molecule has 4 rings (SSSR count). The van der Waals surface area contributed by atoms with E-state index < -0.39 is 0 Å². The second kappa shape index (κ2) is 9.43. The maximum Gasteiger partial charge on any atom is 0.256 e. The molecule has 31 heavy (non-hydrogen) atoms. The Morgan fingerprint density at radius 1 is 1.29 bits per heavy atom. The number of rotatable bonds is 7. The van der Waals surface area contributed by atoms with Crippen LogP contribution in [0.5, 0.6) is 5.75 Å². The standard InChI is InChI=1S/C23H26N4O3S/c1-4-27-14-18(29-21-10-6-5-9-20(21)27)13-26(3)23(28)19-8-7-11-24-22(19)31-15-17-12-16(2)30-25-17/h5-12,18H,4,13-15H2,1-3H3/t18-/m1/s1. The lowest BCUT2D eigenvalue weighted by Crippen LogP contribution is -2.46. The summed E-state index contributed by atoms with van der Waals surface area (Å²) in [5, 5.41) is 4.70. The summed E-state index contributed by atoms with van der Waals surface area (Å²) in [6, 6.07) is 13.5. The summed E-state index contributed by atoms with van der Waals surface area (Å²) in [7, 11) is 1.81. The number of carbonyl (C=O) groups excluding carboxylic acids is 1. The van der Waals surface area contributed by atoms with Gasteiger partial charge in [0.15, 0.2) is 0 Å². The molecule has 162 valence electrons. The molecule has 0 aliphatic carbocycles. The number of fused-ring (bicyclic) bond motifs is 1. The molecule has 1 atom stereocenters. The van der Waals surface area contributed by atoms with Gasteiger partial charge in [0.25, 0.3) is 5.91 Å². The third kappa shape index (κ3) is 4.85. The Kier molecular flexibility index (Phi) is 6.46. The van der Waals surface area contributed by atoms with Crippen molar-refractivity contribution in [1.82, 2.24) is 15.0 Å². The van der Waals surface area contributed by atoms with Crippen LogP contribution in [0.4, 0.5) is 5.69 Å². The van der Waals surface area contributed by atoms with Crippen LogP contribution < -0.4 is 9.64 Å². The Morgan fingerprint density at radius 3 is 2.90 bits per heavy atom. The Hall–Kier alpha value is -3.00. The normalized spacial score (nSPS) is 15.3. The molecule has 1 aliphatic rings. The molecule has 1 aromatic carbocycles. The summed E-state index contributed by atoms with van der Waals surface area (Å²) in [6.45, 7) is 6.11. The van der Waals surface area contributed by atoms with Crippen molar-refractivity contribution in [3.63, 3.8) is 0 Å². The summed E-state index contributed by atoms with van der Waals surface area (Å²) < 4.78 is 11.3. The van der Waals surface area contributed by atoms with E-state index in [1.807, 2.05) is 44.3 Å². The fourth-order valence-corrected chi connectivity index (χ4v) is 4.53. The number of nitrogens with zero attached hydrogens (tertiary/aromatic N) is 4. The van der Waals surface area contributed by atoms with Gasteiger partial charge < -0.3 is 19.1 Å². The van der Waals surface area contributed by atoms with Crippen molar-refractivity contribution >= 4 is 23.4 Å². The van der Waals surface area contributed by atoms with E-state index in [9.17, 15) is 4.79 Å². The SMILES string of the molecule is CCN1C[C@@H](CN(C)C(=O)c2cccnc2SCc2cc(C)on2)Oc2ccccc21. The number of likely N-dealkylation sites (N-methyl/N-ethyl adjacent to an activating group) is 2. The predicted octanol–water partition coefficient (Wildman–Crippen LogP) is 4.03. The lowest BCUT2D eigenvalue weighted by atomic mass is 10.1. The average molecular weight is 439 g/mol. The molecular formula is C23H26N4O3S. The first-order chi connectivity index (χ1) is 15.0. The average Bonchev–Trinajstić information content (AvgIpc) is 3.21. The minimum atomic E-state index is -0.102. The molecule has 0 saturated carbocycles. The van der Waals surface area contributed by atoms with E-state index in [0.717, 1.165) is 36.0 Å². The van der Waals surface area contributed by atoms with E-state index in [1.54, 1.807) is 17.2 Å². The zero-order valence-corrected chi connectivity index (χ0v) is 18.8. The van der Waals surface area contributed by atoms with Crippen LogP contribution in [0.3, 0.4) is 0 Å². The van der Waals surface area contributed by atoms with Crippen LogP contribution >= 0.6 is 11.8 Å². The van der Waals surface area contributed by atoms with E-state index in [-0.39, 0.29) is 12.0 Å². The molecule has 0 radical (unpaired) electrons. The van der Waals surface area contributed by atoms with Crippen molar-refractivity contribution in [2.45, 2.75) is 30.7 Å². The van der Waals surface area contributed by atoms with Crippen LogP contribution in [-0.2, 0) is 5.75 Å². The summed E-state index contributed by atoms with van der Waals surface area (Å²) in [6.07, 6.45) is 1.60. The molecule has 3 heterocycles. The maximum atomic E-state index is 13.2. The largest absolute Gasteiger partial charge is 0.485 e. The van der Waals surface area contributed by atoms with Gasteiger partial charge in [-0.2, -0.15) is 0 Å². The number of aromatic nitrogens is 2. The van der Waals surface area contributed by atoms with Crippen molar-refractivity contribution in [3.8, 4) is 5.75 Å². The first-order valence-electron chi connectivity index (χ1n) is 10.3. The summed E-state index contributed by atoms with van der Waals surface area (Å²) >= 11 is 1.48. The molecule has 1 amide bonds. The third-order valence-electron chi connectivity index (χ3n) is 5.16. The monoisotopic (exact) mass is 438 g/mol. The third-order valence-corrected chi connectivity index (χ3v) is 6.20. The molecule has 7 nitrogen and oxygen atoms in total. The molecule has 0 N–H and O–H groups in total. The van der Waals surface area contributed by atoms with Gasteiger partial charge in [0.2, 0.25) is 0 Å². The highest BCUT2D eigenvalue weighted by Crippen LogP contribution is 2.33. The lowest BCUT2D eigenvalue weighted by molar-refractivity contribution is 0.0705. The molecule has 0 spiro atoms. The van der Waals surface area contributed by atoms with E-state index in [1.165, 1.54) is 11.8 Å². The number of hydrogen-bond acceptors (Lipinski definition) is 7. The van der Waals surface area contributed by atoms with Crippen molar-refractivity contribution in [3.05, 3.63) is 65.7 Å². The fourth-order valence-electron chi connectivity index (χ4n) is 3.66. The smallest absolute Gasteiger partial charge is 0.256 e. The number of ether oxygens (including phenoxy) is 1. The molecular weight excluding hydrogens is 412 g/mol. The first-order valence-corrected chi connectivity index (χ1v) is 11.3. The zero-order valence-electron chi connectivity index (χ0n) is 17.9. The second-order valence-corrected chi connectivity index (χ2v) is 8.47. The summed E-state index contributed by atoms with van der Waals surface area (Å²) in [4.78, 5) is 21.6. The van der Waals surface area contributed by atoms with E-state index in [2.05, 4.69) is 28.0 Å². The Labute approximate surface area is 186 Å². The maximum absolute atomic E-state index is 13.2. The Balaban J connectivity index is 1.44. The molecule has 3 aromatic rings. The van der Waals surface area contributed by atoms with Crippen molar-refractivity contribution < 1.29 is 14.1 Å². The number of benzene rings is 1. The van der Waals surface area contributed by atoms with Gasteiger partial charge in [0.05, 0.1) is 30.0 Å². The van der Waals surface area contributed by atoms with Gasteiger partial charge in [-0.15, -0.1) is 0 Å². The quantitative estimate of drug-likeness (QED) is 0.516. The molecule has 0 saturated heterocycles. The van der Waals surface area contributed by atoms with E-state index >= 15 is 0 Å². The molecule has 0 bridgehead atoms. The minimum absolute atomic E-state index is 0.0718. The number of amides is 1. The van der Waals surface area contributed by atoms with E-state index in [0.29, 0.717) is 22.9 Å². The van der Waals surface area contributed by atoms with Crippen LogP contribution in [-0.4, -0.2) is 53.7 Å². The van der Waals surface area contributed by atoms with Gasteiger partial charge in [0, 0.05) is 31.6 Å². The molecule has 8 heteroatoms. The Bertz CT molecular complexity index is 1050. The van der Waals surface area contributed by atoms with Gasteiger partial charge in [0.1, 0.15) is 22.6 Å². The topological polar surface area (TPSA) is 71.7 Å². The van der Waals surface area contributed by atoms with E-state index in [4.69, 9.17) is 9.26 Å². The first kappa shape index (κ1) is 21.2. The highest BCUT2D eigenvalue weighted by atomic mass is 32.2. The molecule has 2 aromatic heterocycles. The van der Waals surface area contributed by atoms with Crippen LogP contribution in [0.25, 0.3) is 0 Å². The number of pyridine rings is 1. The highest BCUT2D eigenvalue weighted by molar-refractivity contribution is 7.98. The number of hydrogen-bond donors (Lipinski definition) is 0. The number of para-hydroxylation sites is 2. The molecule has 0 unspecified atom stereocenters. The Morgan fingerprint density at radius 2 is 2.13 bits per heavy atom. The van der Waals surface area contributed by atoms with Crippen molar-refractivity contribution in [1.29, 1.82) is 0 Å². The number of carbonyl (C=O) groups is 1. The highest BCUT2D eigenvalue weighted by Gasteiger charge is 2.27. The number of anilines is 1. The summed E-state index contributed by atoms with van der Waals surface area (Å²) in [5.41, 5.74) is 2.51. The predicted molar refractivity (Wildman–Crippen MR) is 121 cm³/mol. The zero-order chi connectivity index (χ0) is 21.8. The van der Waals surface area contributed by atoms with Gasteiger partial charge >= 0.3 is 0 Å². The van der Waals surface area contributed by atoms with Crippen molar-refractivity contribution in [2.24, 2.45) is 0 Å². The fraction of sp³-hybridized carbons (Fsp3) is 0.348.